The highest BCUT2D eigenvalue weighted by Gasteiger charge is 2.29. The van der Waals surface area contributed by atoms with Crippen molar-refractivity contribution >= 4 is 17.7 Å². The van der Waals surface area contributed by atoms with E-state index in [1.54, 1.807) is 11.8 Å². The number of rotatable bonds is 7. The van der Waals surface area contributed by atoms with Gasteiger partial charge in [0.15, 0.2) is 0 Å². The zero-order valence-electron chi connectivity index (χ0n) is 11.1. The van der Waals surface area contributed by atoms with Gasteiger partial charge in [-0.15, -0.1) is 11.8 Å². The van der Waals surface area contributed by atoms with E-state index in [1.165, 1.54) is 32.1 Å². The van der Waals surface area contributed by atoms with Gasteiger partial charge in [0.25, 0.3) is 0 Å². The molecule has 1 rings (SSSR count). The molecular formula is C13H26N2OS. The minimum absolute atomic E-state index is 0.192. The second-order valence-electron chi connectivity index (χ2n) is 4.96. The van der Waals surface area contributed by atoms with Crippen LogP contribution in [0, 0.1) is 5.92 Å². The molecule has 1 saturated carbocycles. The maximum absolute atomic E-state index is 10.9. The van der Waals surface area contributed by atoms with Gasteiger partial charge in [-0.2, -0.15) is 0 Å². The van der Waals surface area contributed by atoms with Crippen LogP contribution in [0.5, 0.6) is 0 Å². The summed E-state index contributed by atoms with van der Waals surface area (Å²) in [5.41, 5.74) is 5.24. The molecule has 0 aromatic rings. The van der Waals surface area contributed by atoms with Crippen molar-refractivity contribution < 1.29 is 4.79 Å². The van der Waals surface area contributed by atoms with Crippen molar-refractivity contribution in [2.75, 3.05) is 12.3 Å². The summed E-state index contributed by atoms with van der Waals surface area (Å²) in [6, 6.07) is 0.571. The van der Waals surface area contributed by atoms with Crippen molar-refractivity contribution in [3.8, 4) is 0 Å². The number of thioether (sulfide) groups is 1. The molecule has 100 valence electrons. The van der Waals surface area contributed by atoms with Crippen LogP contribution >= 0.6 is 11.8 Å². The van der Waals surface area contributed by atoms with Gasteiger partial charge in [-0.25, -0.2) is 0 Å². The summed E-state index contributed by atoms with van der Waals surface area (Å²) in [5, 5.41) is 4.18. The van der Waals surface area contributed by atoms with Crippen molar-refractivity contribution in [3.05, 3.63) is 0 Å². The van der Waals surface area contributed by atoms with Crippen LogP contribution in [0.25, 0.3) is 0 Å². The molecule has 0 saturated heterocycles. The van der Waals surface area contributed by atoms with E-state index < -0.39 is 0 Å². The van der Waals surface area contributed by atoms with Gasteiger partial charge >= 0.3 is 0 Å². The van der Waals surface area contributed by atoms with Crippen LogP contribution in [0.3, 0.4) is 0 Å². The van der Waals surface area contributed by atoms with E-state index in [9.17, 15) is 4.79 Å². The molecule has 0 radical (unpaired) electrons. The number of amides is 1. The third-order valence-electron chi connectivity index (χ3n) is 3.57. The molecule has 0 spiro atoms. The van der Waals surface area contributed by atoms with Gasteiger partial charge in [0, 0.05) is 11.3 Å². The fourth-order valence-electron chi connectivity index (χ4n) is 2.52. The van der Waals surface area contributed by atoms with Gasteiger partial charge in [-0.3, -0.25) is 4.79 Å². The van der Waals surface area contributed by atoms with E-state index >= 15 is 0 Å². The Labute approximate surface area is 109 Å². The van der Waals surface area contributed by atoms with Crippen molar-refractivity contribution in [3.63, 3.8) is 0 Å². The van der Waals surface area contributed by atoms with Gasteiger partial charge in [-0.1, -0.05) is 20.3 Å². The summed E-state index contributed by atoms with van der Waals surface area (Å²) >= 11 is 1.75. The van der Waals surface area contributed by atoms with Crippen LogP contribution in [-0.4, -0.2) is 29.5 Å². The lowest BCUT2D eigenvalue weighted by atomic mass is 9.84. The largest absolute Gasteiger partial charge is 0.369 e. The van der Waals surface area contributed by atoms with Gasteiger partial charge in [0.2, 0.25) is 5.91 Å². The lowest BCUT2D eigenvalue weighted by Crippen LogP contribution is -2.43. The van der Waals surface area contributed by atoms with Crippen molar-refractivity contribution in [2.24, 2.45) is 11.7 Å². The van der Waals surface area contributed by atoms with Crippen LogP contribution in [0.4, 0.5) is 0 Å². The second-order valence-corrected chi connectivity index (χ2v) is 6.19. The Morgan fingerprint density at radius 2 is 2.18 bits per heavy atom. The van der Waals surface area contributed by atoms with Gasteiger partial charge in [-0.05, 0) is 38.1 Å². The van der Waals surface area contributed by atoms with Crippen molar-refractivity contribution in [1.29, 1.82) is 0 Å². The molecule has 4 heteroatoms. The first-order valence-electron chi connectivity index (χ1n) is 6.80. The Morgan fingerprint density at radius 3 is 2.76 bits per heavy atom. The predicted molar refractivity (Wildman–Crippen MR) is 75.2 cm³/mol. The molecule has 1 amide bonds. The fourth-order valence-corrected chi connectivity index (χ4v) is 3.77. The Balaban J connectivity index is 2.45. The summed E-state index contributed by atoms with van der Waals surface area (Å²) in [4.78, 5) is 10.9. The molecule has 1 aliphatic carbocycles. The zero-order valence-corrected chi connectivity index (χ0v) is 11.9. The number of primary amides is 1. The monoisotopic (exact) mass is 258 g/mol. The minimum Gasteiger partial charge on any atom is -0.369 e. The summed E-state index contributed by atoms with van der Waals surface area (Å²) in [6.45, 7) is 5.53. The molecule has 3 N–H and O–H groups in total. The molecule has 3 nitrogen and oxygen atoms in total. The summed E-state index contributed by atoms with van der Waals surface area (Å²) in [5.74, 6) is 1.11. The van der Waals surface area contributed by atoms with Gasteiger partial charge in [0.1, 0.15) is 0 Å². The lowest BCUT2D eigenvalue weighted by molar-refractivity contribution is -0.115. The van der Waals surface area contributed by atoms with Crippen LogP contribution in [0.1, 0.15) is 46.0 Å². The molecule has 3 unspecified atom stereocenters. The van der Waals surface area contributed by atoms with E-state index in [0.29, 0.717) is 17.0 Å². The highest BCUT2D eigenvalue weighted by atomic mass is 32.2. The van der Waals surface area contributed by atoms with Gasteiger partial charge < -0.3 is 11.1 Å². The summed E-state index contributed by atoms with van der Waals surface area (Å²) in [6.07, 6.45) is 6.23. The molecule has 3 atom stereocenters. The highest BCUT2D eigenvalue weighted by Crippen LogP contribution is 2.34. The van der Waals surface area contributed by atoms with E-state index in [-0.39, 0.29) is 5.91 Å². The normalized spacial score (nSPS) is 29.2. The molecule has 0 bridgehead atoms. The smallest absolute Gasteiger partial charge is 0.227 e. The van der Waals surface area contributed by atoms with Crippen molar-refractivity contribution in [1.82, 2.24) is 5.32 Å². The van der Waals surface area contributed by atoms with Crippen LogP contribution < -0.4 is 11.1 Å². The average molecular weight is 258 g/mol. The van der Waals surface area contributed by atoms with E-state index in [2.05, 4.69) is 19.2 Å². The third kappa shape index (κ3) is 5.30. The molecule has 0 aliphatic heterocycles. The predicted octanol–water partition coefficient (Wildman–Crippen LogP) is 2.15. The zero-order chi connectivity index (χ0) is 12.7. The van der Waals surface area contributed by atoms with E-state index in [4.69, 9.17) is 5.73 Å². The molecule has 0 heterocycles. The number of carbonyl (C=O) groups excluding carboxylic acids is 1. The number of carbonyl (C=O) groups is 1. The lowest BCUT2D eigenvalue weighted by Gasteiger charge is -2.36. The van der Waals surface area contributed by atoms with Crippen LogP contribution in [-0.2, 0) is 4.79 Å². The molecular weight excluding hydrogens is 232 g/mol. The minimum atomic E-state index is -0.192. The van der Waals surface area contributed by atoms with E-state index in [1.807, 2.05) is 0 Å². The fraction of sp³-hybridized carbons (Fsp3) is 0.923. The average Bonchev–Trinajstić information content (AvgIpc) is 2.34. The topological polar surface area (TPSA) is 55.1 Å². The first-order chi connectivity index (χ1) is 8.17. The maximum atomic E-state index is 10.9. The number of hydrogen-bond donors (Lipinski definition) is 2. The van der Waals surface area contributed by atoms with E-state index in [0.717, 1.165) is 12.5 Å². The molecule has 1 aliphatic rings. The van der Waals surface area contributed by atoms with Crippen molar-refractivity contribution in [2.45, 2.75) is 57.2 Å². The second kappa shape index (κ2) is 7.98. The summed E-state index contributed by atoms with van der Waals surface area (Å²) < 4.78 is 0. The Morgan fingerprint density at radius 1 is 1.41 bits per heavy atom. The maximum Gasteiger partial charge on any atom is 0.227 e. The highest BCUT2D eigenvalue weighted by molar-refractivity contribution is 8.00. The molecule has 0 aromatic heterocycles. The number of nitrogens with two attached hydrogens (primary N) is 1. The number of nitrogens with one attached hydrogen (secondary N) is 1. The van der Waals surface area contributed by atoms with Crippen LogP contribution in [0.2, 0.25) is 0 Å². The molecule has 1 fully saturated rings. The summed E-state index contributed by atoms with van der Waals surface area (Å²) in [7, 11) is 0. The third-order valence-corrected chi connectivity index (χ3v) is 4.97. The Bertz CT molecular complexity index is 235. The molecule has 0 aromatic carbocycles. The standard InChI is InChI=1S/C13H26N2OS/c1-3-7-15-11-6-5-10(4-2)8-12(11)17-9-13(14)16/h10-12,15H,3-9H2,1-2H3,(H2,14,16). The first-order valence-corrected chi connectivity index (χ1v) is 7.85. The Kier molecular flexibility index (Phi) is 6.97. The molecule has 17 heavy (non-hydrogen) atoms. The number of hydrogen-bond acceptors (Lipinski definition) is 3. The SMILES string of the molecule is CCCNC1CCC(CC)CC1SCC(N)=O. The van der Waals surface area contributed by atoms with Crippen LogP contribution in [0.15, 0.2) is 0 Å². The Hall–Kier alpha value is -0.220. The van der Waals surface area contributed by atoms with Gasteiger partial charge in [0.05, 0.1) is 5.75 Å². The first kappa shape index (κ1) is 14.8. The quantitative estimate of drug-likeness (QED) is 0.735.